The van der Waals surface area contributed by atoms with Gasteiger partial charge in [-0.1, -0.05) is 6.07 Å². The molecule has 0 aliphatic rings. The molecule has 1 aromatic carbocycles. The zero-order valence-corrected chi connectivity index (χ0v) is 8.91. The molecule has 15 heavy (non-hydrogen) atoms. The highest BCUT2D eigenvalue weighted by Gasteiger charge is 2.15. The average molecular weight is 223 g/mol. The maximum Gasteiger partial charge on any atom is 0.287 e. The van der Waals surface area contributed by atoms with Crippen molar-refractivity contribution in [3.05, 3.63) is 33.7 Å². The Bertz CT molecular complexity index is 506. The number of nitro benzene ring substituents is 1. The van der Waals surface area contributed by atoms with Crippen molar-refractivity contribution >= 4 is 27.1 Å². The number of ether oxygens (including phenoxy) is 1. The summed E-state index contributed by atoms with van der Waals surface area (Å²) >= 11 is 1.34. The van der Waals surface area contributed by atoms with Crippen molar-refractivity contribution in [3.63, 3.8) is 0 Å². The number of benzene rings is 1. The molecule has 0 saturated heterocycles. The predicted molar refractivity (Wildman–Crippen MR) is 59.6 cm³/mol. The second kappa shape index (κ2) is 3.86. The molecule has 1 aromatic heterocycles. The first-order valence-electron chi connectivity index (χ1n) is 4.51. The fourth-order valence-corrected chi connectivity index (χ4v) is 2.41. The van der Waals surface area contributed by atoms with E-state index in [0.29, 0.717) is 11.3 Å². The van der Waals surface area contributed by atoms with E-state index in [-0.39, 0.29) is 10.6 Å². The third-order valence-electron chi connectivity index (χ3n) is 2.04. The largest absolute Gasteiger partial charge is 0.492 e. The molecule has 0 N–H and O–H groups in total. The van der Waals surface area contributed by atoms with Crippen LogP contribution in [0.5, 0.6) is 5.75 Å². The molecule has 2 rings (SSSR count). The van der Waals surface area contributed by atoms with E-state index in [9.17, 15) is 10.1 Å². The molecule has 2 aromatic rings. The lowest BCUT2D eigenvalue weighted by Gasteiger charge is -1.99. The molecule has 0 fully saturated rings. The Labute approximate surface area is 90.2 Å². The standard InChI is InChI=1S/C10H9NO3S/c1-2-14-9-6-15-10-7(9)4-3-5-8(10)11(12)13/h3-6H,2H2,1H3. The number of nitrogens with zero attached hydrogens (tertiary/aromatic N) is 1. The van der Waals surface area contributed by atoms with Gasteiger partial charge in [0.15, 0.2) is 0 Å². The van der Waals surface area contributed by atoms with Crippen LogP contribution in [-0.2, 0) is 0 Å². The van der Waals surface area contributed by atoms with Gasteiger partial charge in [0.25, 0.3) is 5.69 Å². The van der Waals surface area contributed by atoms with Crippen LogP contribution >= 0.6 is 11.3 Å². The van der Waals surface area contributed by atoms with Gasteiger partial charge in [0.2, 0.25) is 0 Å². The van der Waals surface area contributed by atoms with Crippen LogP contribution in [0.2, 0.25) is 0 Å². The molecule has 78 valence electrons. The van der Waals surface area contributed by atoms with E-state index in [1.807, 2.05) is 13.0 Å². The molecule has 0 unspecified atom stereocenters. The van der Waals surface area contributed by atoms with Crippen molar-refractivity contribution in [3.8, 4) is 5.75 Å². The Hall–Kier alpha value is -1.62. The zero-order valence-electron chi connectivity index (χ0n) is 8.10. The van der Waals surface area contributed by atoms with E-state index >= 15 is 0 Å². The van der Waals surface area contributed by atoms with Crippen molar-refractivity contribution in [2.45, 2.75) is 6.92 Å². The van der Waals surface area contributed by atoms with Crippen LogP contribution in [0, 0.1) is 10.1 Å². The number of rotatable bonds is 3. The van der Waals surface area contributed by atoms with Gasteiger partial charge in [-0.05, 0) is 13.0 Å². The third kappa shape index (κ3) is 1.66. The molecule has 0 aliphatic carbocycles. The summed E-state index contributed by atoms with van der Waals surface area (Å²) in [6, 6.07) is 5.02. The van der Waals surface area contributed by atoms with Gasteiger partial charge in [-0.2, -0.15) is 0 Å². The second-order valence-electron chi connectivity index (χ2n) is 2.94. The number of hydrogen-bond acceptors (Lipinski definition) is 4. The Morgan fingerprint density at radius 1 is 1.53 bits per heavy atom. The zero-order chi connectivity index (χ0) is 10.8. The van der Waals surface area contributed by atoms with Gasteiger partial charge in [0, 0.05) is 16.8 Å². The first kappa shape index (κ1) is 9.92. The fraction of sp³-hybridized carbons (Fsp3) is 0.200. The van der Waals surface area contributed by atoms with Gasteiger partial charge in [0.05, 0.1) is 11.5 Å². The maximum absolute atomic E-state index is 10.8. The SMILES string of the molecule is CCOc1csc2c([N+](=O)[O-])cccc12. The average Bonchev–Trinajstić information content (AvgIpc) is 2.62. The minimum absolute atomic E-state index is 0.142. The van der Waals surface area contributed by atoms with Gasteiger partial charge < -0.3 is 4.74 Å². The lowest BCUT2D eigenvalue weighted by molar-refractivity contribution is -0.382. The maximum atomic E-state index is 10.8. The normalized spacial score (nSPS) is 10.5. The Morgan fingerprint density at radius 2 is 2.33 bits per heavy atom. The van der Waals surface area contributed by atoms with Crippen molar-refractivity contribution in [1.29, 1.82) is 0 Å². The molecule has 0 amide bonds. The van der Waals surface area contributed by atoms with E-state index in [1.54, 1.807) is 11.4 Å². The van der Waals surface area contributed by atoms with Crippen molar-refractivity contribution in [1.82, 2.24) is 0 Å². The summed E-state index contributed by atoms with van der Waals surface area (Å²) in [5.74, 6) is 0.723. The summed E-state index contributed by atoms with van der Waals surface area (Å²) in [5, 5.41) is 13.4. The number of nitro groups is 1. The molecule has 0 bridgehead atoms. The highest BCUT2D eigenvalue weighted by atomic mass is 32.1. The lowest BCUT2D eigenvalue weighted by Crippen LogP contribution is -1.90. The number of hydrogen-bond donors (Lipinski definition) is 0. The number of fused-ring (bicyclic) bond motifs is 1. The van der Waals surface area contributed by atoms with Crippen LogP contribution in [0.15, 0.2) is 23.6 Å². The third-order valence-corrected chi connectivity index (χ3v) is 3.04. The molecular formula is C10H9NO3S. The van der Waals surface area contributed by atoms with Crippen LogP contribution in [0.3, 0.4) is 0 Å². The van der Waals surface area contributed by atoms with E-state index in [0.717, 1.165) is 11.1 Å². The summed E-state index contributed by atoms with van der Waals surface area (Å²) in [6.07, 6.45) is 0. The topological polar surface area (TPSA) is 52.4 Å². The van der Waals surface area contributed by atoms with E-state index < -0.39 is 0 Å². The molecule has 0 saturated carbocycles. The summed E-state index contributed by atoms with van der Waals surface area (Å²) in [4.78, 5) is 10.4. The molecule has 4 nitrogen and oxygen atoms in total. The molecule has 0 aliphatic heterocycles. The lowest BCUT2D eigenvalue weighted by atomic mass is 10.2. The number of non-ortho nitro benzene ring substituents is 1. The van der Waals surface area contributed by atoms with Gasteiger partial charge in [-0.15, -0.1) is 11.3 Å². The van der Waals surface area contributed by atoms with E-state index in [1.165, 1.54) is 17.4 Å². The second-order valence-corrected chi connectivity index (χ2v) is 3.82. The monoisotopic (exact) mass is 223 g/mol. The smallest absolute Gasteiger partial charge is 0.287 e. The van der Waals surface area contributed by atoms with Gasteiger partial charge in [-0.25, -0.2) is 0 Å². The predicted octanol–water partition coefficient (Wildman–Crippen LogP) is 3.21. The van der Waals surface area contributed by atoms with Crippen molar-refractivity contribution in [2.24, 2.45) is 0 Å². The summed E-state index contributed by atoms with van der Waals surface area (Å²) < 4.78 is 6.05. The highest BCUT2D eigenvalue weighted by molar-refractivity contribution is 7.18. The van der Waals surface area contributed by atoms with Gasteiger partial charge in [-0.3, -0.25) is 10.1 Å². The molecular weight excluding hydrogens is 214 g/mol. The quantitative estimate of drug-likeness (QED) is 0.593. The number of thiophene rings is 1. The van der Waals surface area contributed by atoms with E-state index in [4.69, 9.17) is 4.74 Å². The highest BCUT2D eigenvalue weighted by Crippen LogP contribution is 2.37. The van der Waals surface area contributed by atoms with Crippen molar-refractivity contribution in [2.75, 3.05) is 6.61 Å². The minimum atomic E-state index is -0.367. The summed E-state index contributed by atoms with van der Waals surface area (Å²) in [6.45, 7) is 2.45. The molecule has 1 heterocycles. The molecule has 0 spiro atoms. The van der Waals surface area contributed by atoms with Crippen LogP contribution in [0.4, 0.5) is 5.69 Å². The van der Waals surface area contributed by atoms with Crippen molar-refractivity contribution < 1.29 is 9.66 Å². The minimum Gasteiger partial charge on any atom is -0.492 e. The molecule has 5 heteroatoms. The molecule has 0 atom stereocenters. The Balaban J connectivity index is 2.63. The first-order valence-corrected chi connectivity index (χ1v) is 5.39. The fourth-order valence-electron chi connectivity index (χ4n) is 1.43. The summed E-state index contributed by atoms with van der Waals surface area (Å²) in [5.41, 5.74) is 0.142. The van der Waals surface area contributed by atoms with Crippen LogP contribution in [-0.4, -0.2) is 11.5 Å². The first-order chi connectivity index (χ1) is 7.24. The summed E-state index contributed by atoms with van der Waals surface area (Å²) in [7, 11) is 0. The Kier molecular flexibility index (Phi) is 2.55. The van der Waals surface area contributed by atoms with Gasteiger partial charge in [0.1, 0.15) is 10.4 Å². The Morgan fingerprint density at radius 3 is 3.00 bits per heavy atom. The van der Waals surface area contributed by atoms with E-state index in [2.05, 4.69) is 0 Å². The van der Waals surface area contributed by atoms with Crippen LogP contribution < -0.4 is 4.74 Å². The van der Waals surface area contributed by atoms with Gasteiger partial charge >= 0.3 is 0 Å². The van der Waals surface area contributed by atoms with Crippen LogP contribution in [0.25, 0.3) is 10.1 Å². The molecule has 0 radical (unpaired) electrons. The van der Waals surface area contributed by atoms with Crippen LogP contribution in [0.1, 0.15) is 6.92 Å².